The smallest absolute Gasteiger partial charge is 0.343 e. The van der Waals surface area contributed by atoms with Gasteiger partial charge in [0.05, 0.1) is 22.1 Å². The van der Waals surface area contributed by atoms with Crippen molar-refractivity contribution in [3.05, 3.63) is 99.4 Å². The van der Waals surface area contributed by atoms with Crippen LogP contribution in [0.15, 0.2) is 76.1 Å². The fourth-order valence-corrected chi connectivity index (χ4v) is 4.17. The molecule has 0 saturated heterocycles. The summed E-state index contributed by atoms with van der Waals surface area (Å²) in [4.78, 5) is 52.3. The van der Waals surface area contributed by atoms with Crippen LogP contribution in [0, 0.1) is 6.92 Å². The van der Waals surface area contributed by atoms with Gasteiger partial charge in [0.2, 0.25) is 11.2 Å². The summed E-state index contributed by atoms with van der Waals surface area (Å²) in [7, 11) is 0. The predicted octanol–water partition coefficient (Wildman–Crippen LogP) is 5.51. The fraction of sp³-hybridized carbons (Fsp3) is 0.172. The molecule has 0 saturated carbocycles. The topological polar surface area (TPSA) is 103 Å². The first-order valence-electron chi connectivity index (χ1n) is 11.8. The number of ether oxygens (including phenoxy) is 2. The third-order valence-corrected chi connectivity index (χ3v) is 6.33. The highest BCUT2D eigenvalue weighted by Crippen LogP contribution is 2.28. The monoisotopic (exact) mass is 497 g/mol. The Morgan fingerprint density at radius 2 is 1.73 bits per heavy atom. The molecule has 0 radical (unpaired) electrons. The molecular weight excluding hydrogens is 474 g/mol. The van der Waals surface area contributed by atoms with Crippen LogP contribution in [0.2, 0.25) is 0 Å². The van der Waals surface area contributed by atoms with E-state index in [0.717, 1.165) is 5.56 Å². The van der Waals surface area contributed by atoms with Crippen molar-refractivity contribution >= 4 is 28.8 Å². The van der Waals surface area contributed by atoms with Crippen molar-refractivity contribution in [2.75, 3.05) is 0 Å². The molecular formula is C29H23NO7. The molecule has 8 nitrogen and oxygen atoms in total. The van der Waals surface area contributed by atoms with E-state index in [0.29, 0.717) is 12.2 Å². The van der Waals surface area contributed by atoms with Gasteiger partial charge in [0, 0.05) is 12.1 Å². The molecule has 0 aliphatic carbocycles. The average Bonchev–Trinajstić information content (AvgIpc) is 3.14. The van der Waals surface area contributed by atoms with Crippen LogP contribution in [0.3, 0.4) is 0 Å². The van der Waals surface area contributed by atoms with Gasteiger partial charge in [-0.15, -0.1) is 0 Å². The summed E-state index contributed by atoms with van der Waals surface area (Å²) in [5, 5.41) is 0.261. The minimum atomic E-state index is -0.717. The molecule has 2 heterocycles. The van der Waals surface area contributed by atoms with E-state index in [1.54, 1.807) is 19.1 Å². The van der Waals surface area contributed by atoms with Crippen LogP contribution >= 0.6 is 0 Å². The maximum absolute atomic E-state index is 12.9. The zero-order valence-corrected chi connectivity index (χ0v) is 20.4. The first kappa shape index (κ1) is 24.0. The summed E-state index contributed by atoms with van der Waals surface area (Å²) in [5.41, 5.74) is 1.39. The Balaban J connectivity index is 1.37. The Hall–Kier alpha value is -4.72. The van der Waals surface area contributed by atoms with Gasteiger partial charge in [-0.1, -0.05) is 19.1 Å². The largest absolute Gasteiger partial charge is 0.460 e. The Kier molecular flexibility index (Phi) is 6.09. The average molecular weight is 498 g/mol. The van der Waals surface area contributed by atoms with Gasteiger partial charge >= 0.3 is 5.97 Å². The Bertz CT molecular complexity index is 1640. The van der Waals surface area contributed by atoms with Crippen molar-refractivity contribution in [2.24, 2.45) is 0 Å². The lowest BCUT2D eigenvalue weighted by Gasteiger charge is -2.20. The number of rotatable bonds is 6. The number of esters is 1. The third-order valence-electron chi connectivity index (χ3n) is 6.33. The Labute approximate surface area is 212 Å². The van der Waals surface area contributed by atoms with E-state index < -0.39 is 11.9 Å². The number of imide groups is 1. The fourth-order valence-electron chi connectivity index (χ4n) is 4.17. The number of aryl methyl sites for hydroxylation is 1. The maximum atomic E-state index is 12.9. The van der Waals surface area contributed by atoms with Gasteiger partial charge in [-0.25, -0.2) is 4.79 Å². The highest BCUT2D eigenvalue weighted by Gasteiger charge is 2.38. The standard InChI is InChI=1S/C29H23NO7/c1-4-17(3)30-27(32)21-10-8-18(13-23(21)28(30)33)29(34)37-20-9-11-22-24(14-20)35-15-25(26(22)31)36-19-7-5-6-16(2)12-19/h5-15,17H,4H2,1-3H3. The molecule has 2 amide bonds. The maximum Gasteiger partial charge on any atom is 0.343 e. The van der Waals surface area contributed by atoms with E-state index in [2.05, 4.69) is 0 Å². The van der Waals surface area contributed by atoms with Gasteiger partial charge in [0.1, 0.15) is 23.3 Å². The predicted molar refractivity (Wildman–Crippen MR) is 135 cm³/mol. The van der Waals surface area contributed by atoms with Crippen LogP contribution in [0.5, 0.6) is 17.2 Å². The van der Waals surface area contributed by atoms with Crippen LogP contribution in [-0.4, -0.2) is 28.7 Å². The molecule has 1 unspecified atom stereocenters. The van der Waals surface area contributed by atoms with Crippen molar-refractivity contribution in [3.63, 3.8) is 0 Å². The van der Waals surface area contributed by atoms with Gasteiger partial charge in [0.15, 0.2) is 0 Å². The summed E-state index contributed by atoms with van der Waals surface area (Å²) in [5.74, 6) is -0.821. The van der Waals surface area contributed by atoms with Gasteiger partial charge in [0.25, 0.3) is 11.8 Å². The van der Waals surface area contributed by atoms with Crippen LogP contribution in [0.25, 0.3) is 11.0 Å². The van der Waals surface area contributed by atoms with E-state index in [4.69, 9.17) is 13.9 Å². The zero-order chi connectivity index (χ0) is 26.3. The van der Waals surface area contributed by atoms with Crippen molar-refractivity contribution in [1.82, 2.24) is 4.90 Å². The summed E-state index contributed by atoms with van der Waals surface area (Å²) in [6, 6.07) is 15.7. The minimum Gasteiger partial charge on any atom is -0.460 e. The van der Waals surface area contributed by atoms with Crippen LogP contribution in [0.4, 0.5) is 0 Å². The highest BCUT2D eigenvalue weighted by atomic mass is 16.5. The van der Waals surface area contributed by atoms with Crippen LogP contribution in [-0.2, 0) is 0 Å². The number of fused-ring (bicyclic) bond motifs is 2. The van der Waals surface area contributed by atoms with Gasteiger partial charge < -0.3 is 13.9 Å². The second-order valence-electron chi connectivity index (χ2n) is 8.89. The number of carbonyl (C=O) groups is 3. The Morgan fingerprint density at radius 3 is 2.49 bits per heavy atom. The first-order chi connectivity index (χ1) is 17.8. The van der Waals surface area contributed by atoms with Crippen molar-refractivity contribution in [3.8, 4) is 17.2 Å². The minimum absolute atomic E-state index is 0.0339. The quantitative estimate of drug-likeness (QED) is 0.197. The van der Waals surface area contributed by atoms with Crippen molar-refractivity contribution in [2.45, 2.75) is 33.2 Å². The number of hydrogen-bond acceptors (Lipinski definition) is 7. The van der Waals surface area contributed by atoms with E-state index in [1.165, 1.54) is 47.6 Å². The lowest BCUT2D eigenvalue weighted by molar-refractivity contribution is 0.0593. The zero-order valence-electron chi connectivity index (χ0n) is 20.4. The summed E-state index contributed by atoms with van der Waals surface area (Å²) >= 11 is 0. The molecule has 3 aromatic carbocycles. The molecule has 0 bridgehead atoms. The van der Waals surface area contributed by atoms with E-state index in [9.17, 15) is 19.2 Å². The SMILES string of the molecule is CCC(C)N1C(=O)c2ccc(C(=O)Oc3ccc4c(=O)c(Oc5cccc(C)c5)coc4c3)cc2C1=O. The molecule has 1 aromatic heterocycles. The molecule has 4 aromatic rings. The number of carbonyl (C=O) groups excluding carboxylic acids is 3. The lowest BCUT2D eigenvalue weighted by Crippen LogP contribution is -2.37. The van der Waals surface area contributed by atoms with Gasteiger partial charge in [-0.2, -0.15) is 0 Å². The normalized spacial score (nSPS) is 13.5. The first-order valence-corrected chi connectivity index (χ1v) is 11.8. The van der Waals surface area contributed by atoms with E-state index in [-0.39, 0.29) is 56.5 Å². The molecule has 186 valence electrons. The molecule has 0 fully saturated rings. The van der Waals surface area contributed by atoms with Gasteiger partial charge in [-0.3, -0.25) is 19.3 Å². The second kappa shape index (κ2) is 9.39. The van der Waals surface area contributed by atoms with Crippen molar-refractivity contribution < 1.29 is 28.3 Å². The highest BCUT2D eigenvalue weighted by molar-refractivity contribution is 6.22. The lowest BCUT2D eigenvalue weighted by atomic mass is 10.1. The third kappa shape index (κ3) is 4.38. The molecule has 1 aliphatic rings. The number of hydrogen-bond donors (Lipinski definition) is 0. The van der Waals surface area contributed by atoms with Crippen LogP contribution in [0.1, 0.15) is 56.9 Å². The molecule has 8 heteroatoms. The van der Waals surface area contributed by atoms with Gasteiger partial charge in [-0.05, 0) is 68.3 Å². The second-order valence-corrected chi connectivity index (χ2v) is 8.89. The number of nitrogens with zero attached hydrogens (tertiary/aromatic N) is 1. The summed E-state index contributed by atoms with van der Waals surface area (Å²) in [6.45, 7) is 5.60. The van der Waals surface area contributed by atoms with Crippen molar-refractivity contribution in [1.29, 1.82) is 0 Å². The molecule has 0 N–H and O–H groups in total. The number of benzene rings is 3. The van der Waals surface area contributed by atoms with Crippen LogP contribution < -0.4 is 14.9 Å². The molecule has 5 rings (SSSR count). The molecule has 37 heavy (non-hydrogen) atoms. The summed E-state index contributed by atoms with van der Waals surface area (Å²) < 4.78 is 16.7. The Morgan fingerprint density at radius 1 is 0.946 bits per heavy atom. The molecule has 0 spiro atoms. The summed E-state index contributed by atoms with van der Waals surface area (Å²) in [6.07, 6.45) is 1.84. The molecule has 1 atom stereocenters. The van der Waals surface area contributed by atoms with E-state index in [1.807, 2.05) is 26.0 Å². The number of amides is 2. The molecule has 1 aliphatic heterocycles. The van der Waals surface area contributed by atoms with E-state index >= 15 is 0 Å².